The molecule has 2 aromatic carbocycles. The molecule has 0 saturated heterocycles. The number of amides is 2. The van der Waals surface area contributed by atoms with E-state index in [0.717, 1.165) is 50.9 Å². The molecule has 0 spiro atoms. The predicted octanol–water partition coefficient (Wildman–Crippen LogP) is 5.27. The summed E-state index contributed by atoms with van der Waals surface area (Å²) in [5, 5.41) is 11.1. The molecule has 1 aliphatic carbocycles. The predicted molar refractivity (Wildman–Crippen MR) is 126 cm³/mol. The van der Waals surface area contributed by atoms with Crippen LogP contribution in [-0.2, 0) is 10.0 Å². The van der Waals surface area contributed by atoms with E-state index in [-0.39, 0.29) is 10.9 Å². The molecular weight excluding hydrogens is 426 g/mol. The van der Waals surface area contributed by atoms with Crippen molar-refractivity contribution in [3.63, 3.8) is 0 Å². The van der Waals surface area contributed by atoms with Gasteiger partial charge in [0.25, 0.3) is 10.0 Å². The highest BCUT2D eigenvalue weighted by atomic mass is 32.2. The molecule has 0 aliphatic heterocycles. The fourth-order valence-electron chi connectivity index (χ4n) is 3.77. The Balaban J connectivity index is 1.59. The van der Waals surface area contributed by atoms with Crippen LogP contribution in [0, 0.1) is 0 Å². The topological polar surface area (TPSA) is 103 Å². The van der Waals surface area contributed by atoms with Crippen molar-refractivity contribution in [1.82, 2.24) is 10.0 Å². The number of sulfonamides is 1. The Kier molecular flexibility index (Phi) is 8.21. The Hall–Kier alpha value is -2.94. The molecule has 32 heavy (non-hydrogen) atoms. The maximum atomic E-state index is 12.5. The summed E-state index contributed by atoms with van der Waals surface area (Å²) in [6.07, 6.45) is 5.02. The van der Waals surface area contributed by atoms with Crippen LogP contribution in [-0.4, -0.2) is 33.6 Å². The van der Waals surface area contributed by atoms with Crippen molar-refractivity contribution in [2.24, 2.45) is 10.2 Å². The normalized spacial score (nSPS) is 14.9. The third kappa shape index (κ3) is 6.53. The van der Waals surface area contributed by atoms with E-state index in [0.29, 0.717) is 11.4 Å². The fourth-order valence-corrected chi connectivity index (χ4v) is 4.68. The molecule has 172 valence electrons. The lowest BCUT2D eigenvalue weighted by atomic mass is 9.96. The smallest absolute Gasteiger partial charge is 0.328 e. The Bertz CT molecular complexity index is 1010. The number of hydrogen-bond donors (Lipinski definition) is 2. The lowest BCUT2D eigenvalue weighted by Gasteiger charge is -2.22. The lowest BCUT2D eigenvalue weighted by Crippen LogP contribution is -2.45. The highest BCUT2D eigenvalue weighted by molar-refractivity contribution is 7.90. The second-order valence-electron chi connectivity index (χ2n) is 7.80. The molecule has 0 heterocycles. The van der Waals surface area contributed by atoms with Crippen molar-refractivity contribution < 1.29 is 13.2 Å². The van der Waals surface area contributed by atoms with Crippen LogP contribution in [0.5, 0.6) is 0 Å². The first kappa shape index (κ1) is 23.7. The molecule has 2 N–H and O–H groups in total. The van der Waals surface area contributed by atoms with Crippen molar-refractivity contribution in [1.29, 1.82) is 0 Å². The number of benzene rings is 2. The van der Waals surface area contributed by atoms with Gasteiger partial charge in [0.15, 0.2) is 0 Å². The van der Waals surface area contributed by atoms with Crippen molar-refractivity contribution in [2.75, 3.05) is 18.0 Å². The zero-order chi connectivity index (χ0) is 23.0. The highest BCUT2D eigenvalue weighted by Crippen LogP contribution is 2.23. The van der Waals surface area contributed by atoms with E-state index >= 15 is 0 Å². The summed E-state index contributed by atoms with van der Waals surface area (Å²) >= 11 is 0. The van der Waals surface area contributed by atoms with E-state index in [1.807, 2.05) is 24.3 Å². The number of carbonyl (C=O) groups is 1. The molecule has 3 rings (SSSR count). The Morgan fingerprint density at radius 3 is 1.97 bits per heavy atom. The number of nitrogens with zero attached hydrogens (tertiary/aromatic N) is 3. The van der Waals surface area contributed by atoms with E-state index in [1.165, 1.54) is 12.1 Å². The number of urea groups is 1. The minimum atomic E-state index is -3.95. The summed E-state index contributed by atoms with van der Waals surface area (Å²) in [7, 11) is -3.95. The maximum absolute atomic E-state index is 12.5. The zero-order valence-corrected chi connectivity index (χ0v) is 19.4. The number of anilines is 1. The average molecular weight is 458 g/mol. The average Bonchev–Trinajstić information content (AvgIpc) is 2.80. The van der Waals surface area contributed by atoms with E-state index in [1.54, 1.807) is 12.1 Å². The van der Waals surface area contributed by atoms with Crippen LogP contribution in [0.4, 0.5) is 21.9 Å². The van der Waals surface area contributed by atoms with Crippen LogP contribution < -0.4 is 14.9 Å². The van der Waals surface area contributed by atoms with Gasteiger partial charge in [-0.3, -0.25) is 0 Å². The number of nitrogens with one attached hydrogen (secondary N) is 2. The molecule has 1 fully saturated rings. The van der Waals surface area contributed by atoms with Crippen LogP contribution in [0.2, 0.25) is 0 Å². The van der Waals surface area contributed by atoms with E-state index in [4.69, 9.17) is 0 Å². The minimum absolute atomic E-state index is 0.00109. The molecule has 1 aliphatic rings. The van der Waals surface area contributed by atoms with Gasteiger partial charge in [0.2, 0.25) is 0 Å². The van der Waals surface area contributed by atoms with Crippen LogP contribution >= 0.6 is 0 Å². The van der Waals surface area contributed by atoms with E-state index in [2.05, 4.69) is 39.0 Å². The molecule has 0 bridgehead atoms. The second-order valence-corrected chi connectivity index (χ2v) is 9.48. The van der Waals surface area contributed by atoms with Gasteiger partial charge in [-0.15, -0.1) is 0 Å². The molecular formula is C23H31N5O3S. The summed E-state index contributed by atoms with van der Waals surface area (Å²) < 4.78 is 27.0. The van der Waals surface area contributed by atoms with E-state index < -0.39 is 16.1 Å². The molecule has 0 atom stereocenters. The van der Waals surface area contributed by atoms with Crippen molar-refractivity contribution >= 4 is 33.1 Å². The van der Waals surface area contributed by atoms with Crippen molar-refractivity contribution in [3.8, 4) is 0 Å². The van der Waals surface area contributed by atoms with Crippen molar-refractivity contribution in [3.05, 3.63) is 48.5 Å². The van der Waals surface area contributed by atoms with Gasteiger partial charge in [0.1, 0.15) is 0 Å². The third-order valence-electron chi connectivity index (χ3n) is 5.57. The number of rotatable bonds is 8. The third-order valence-corrected chi connectivity index (χ3v) is 6.92. The standard InChI is InChI=1S/C23H31N5O3S/c1-3-28(4-2)21-14-10-19(11-15-21)25-26-20-12-16-22(17-13-20)32(30,31)27-23(29)24-18-8-6-5-7-9-18/h10-18H,3-9H2,1-2H3,(H2,24,27,29). The molecule has 9 heteroatoms. The monoisotopic (exact) mass is 457 g/mol. The van der Waals surface area contributed by atoms with Gasteiger partial charge in [-0.2, -0.15) is 10.2 Å². The first-order chi connectivity index (χ1) is 15.4. The Morgan fingerprint density at radius 2 is 1.44 bits per heavy atom. The largest absolute Gasteiger partial charge is 0.372 e. The first-order valence-electron chi connectivity index (χ1n) is 11.1. The molecule has 0 unspecified atom stereocenters. The Morgan fingerprint density at radius 1 is 0.906 bits per heavy atom. The van der Waals surface area contributed by atoms with E-state index in [9.17, 15) is 13.2 Å². The molecule has 2 aromatic rings. The van der Waals surface area contributed by atoms with Crippen LogP contribution in [0.3, 0.4) is 0 Å². The summed E-state index contributed by atoms with van der Waals surface area (Å²) in [4.78, 5) is 14.3. The van der Waals surface area contributed by atoms with Gasteiger partial charge in [-0.25, -0.2) is 17.9 Å². The number of hydrogen-bond acceptors (Lipinski definition) is 6. The maximum Gasteiger partial charge on any atom is 0.328 e. The second kappa shape index (κ2) is 11.1. The number of azo groups is 1. The minimum Gasteiger partial charge on any atom is -0.372 e. The van der Waals surface area contributed by atoms with Gasteiger partial charge in [0, 0.05) is 24.8 Å². The summed E-state index contributed by atoms with van der Waals surface area (Å²) in [6.45, 7) is 6.09. The Labute approximate surface area is 190 Å². The van der Waals surface area contributed by atoms with Gasteiger partial charge in [-0.1, -0.05) is 19.3 Å². The summed E-state index contributed by atoms with van der Waals surface area (Å²) in [5.74, 6) is 0. The lowest BCUT2D eigenvalue weighted by molar-refractivity contribution is 0.237. The molecule has 8 nitrogen and oxygen atoms in total. The van der Waals surface area contributed by atoms with Gasteiger partial charge >= 0.3 is 6.03 Å². The first-order valence-corrected chi connectivity index (χ1v) is 12.6. The molecule has 2 amide bonds. The summed E-state index contributed by atoms with van der Waals surface area (Å²) in [6, 6.07) is 13.1. The number of carbonyl (C=O) groups excluding carboxylic acids is 1. The quantitative estimate of drug-likeness (QED) is 0.527. The molecule has 0 aromatic heterocycles. The summed E-state index contributed by atoms with van der Waals surface area (Å²) in [5.41, 5.74) is 2.35. The zero-order valence-electron chi connectivity index (χ0n) is 18.6. The van der Waals surface area contributed by atoms with Gasteiger partial charge in [0.05, 0.1) is 16.3 Å². The van der Waals surface area contributed by atoms with Crippen molar-refractivity contribution in [2.45, 2.75) is 56.9 Å². The van der Waals surface area contributed by atoms with Crippen LogP contribution in [0.1, 0.15) is 46.0 Å². The molecule has 0 radical (unpaired) electrons. The van der Waals surface area contributed by atoms with Gasteiger partial charge < -0.3 is 10.2 Å². The van der Waals surface area contributed by atoms with Crippen LogP contribution in [0.25, 0.3) is 0 Å². The van der Waals surface area contributed by atoms with Crippen LogP contribution in [0.15, 0.2) is 63.7 Å². The highest BCUT2D eigenvalue weighted by Gasteiger charge is 2.21. The fraction of sp³-hybridized carbons (Fsp3) is 0.435. The van der Waals surface area contributed by atoms with Gasteiger partial charge in [-0.05, 0) is 75.2 Å². The SMILES string of the molecule is CCN(CC)c1ccc(N=Nc2ccc(S(=O)(=O)NC(=O)NC3CCCCC3)cc2)cc1. The molecule has 1 saturated carbocycles.